The fourth-order valence-electron chi connectivity index (χ4n) is 3.49. The maximum absolute atomic E-state index is 13.0. The van der Waals surface area contributed by atoms with E-state index in [1.54, 1.807) is 20.8 Å². The van der Waals surface area contributed by atoms with Crippen molar-refractivity contribution in [3.63, 3.8) is 0 Å². The summed E-state index contributed by atoms with van der Waals surface area (Å²) in [5.74, 6) is -1.90. The largest absolute Gasteiger partial charge is 0.462 e. The van der Waals surface area contributed by atoms with E-state index >= 15 is 0 Å². The lowest BCUT2D eigenvalue weighted by atomic mass is 10.1. The molecule has 0 aliphatic carbocycles. The van der Waals surface area contributed by atoms with Gasteiger partial charge in [-0.3, -0.25) is 4.79 Å². The smallest absolute Gasteiger partial charge is 0.348 e. The predicted molar refractivity (Wildman–Crippen MR) is 123 cm³/mol. The number of nitrogens with one attached hydrogen (secondary N) is 1. The Labute approximate surface area is 196 Å². The molecule has 0 bridgehead atoms. The Hall–Kier alpha value is -2.76. The Kier molecular flexibility index (Phi) is 7.88. The van der Waals surface area contributed by atoms with E-state index in [1.807, 2.05) is 0 Å². The van der Waals surface area contributed by atoms with Gasteiger partial charge >= 0.3 is 11.9 Å². The fraction of sp³-hybridized carbons (Fsp3) is 0.409. The number of benzene rings is 1. The highest BCUT2D eigenvalue weighted by Crippen LogP contribution is 2.35. The third-order valence-electron chi connectivity index (χ3n) is 5.11. The highest BCUT2D eigenvalue weighted by molar-refractivity contribution is 7.89. The van der Waals surface area contributed by atoms with Crippen LogP contribution in [-0.4, -0.2) is 56.9 Å². The summed E-state index contributed by atoms with van der Waals surface area (Å²) in [5, 5.41) is 2.77. The monoisotopic (exact) mass is 494 g/mol. The number of hydrogen-bond donors (Lipinski definition) is 1. The maximum atomic E-state index is 13.0. The highest BCUT2D eigenvalue weighted by Gasteiger charge is 2.29. The first kappa shape index (κ1) is 24.9. The molecule has 1 aliphatic rings. The lowest BCUT2D eigenvalue weighted by Crippen LogP contribution is -2.28. The van der Waals surface area contributed by atoms with Gasteiger partial charge in [-0.25, -0.2) is 18.0 Å². The second kappa shape index (κ2) is 10.4. The van der Waals surface area contributed by atoms with E-state index < -0.39 is 27.9 Å². The second-order valence-corrected chi connectivity index (χ2v) is 10.3. The average molecular weight is 495 g/mol. The SMILES string of the molecule is CCOC(=O)c1sc(NC(=O)c2cccc(S(=O)(=O)N3CCCC3)c2)c(C(=O)OCC)c1C. The van der Waals surface area contributed by atoms with Crippen molar-refractivity contribution in [2.24, 2.45) is 0 Å². The standard InChI is InChI=1S/C22H26N2O7S2/c1-4-30-21(26)17-14(3)18(22(27)31-5-2)32-20(17)23-19(25)15-9-8-10-16(13-15)33(28,29)24-11-6-7-12-24/h8-10,13H,4-7,11-12H2,1-3H3,(H,23,25). The molecular formula is C22H26N2O7S2. The van der Waals surface area contributed by atoms with Gasteiger partial charge in [-0.15, -0.1) is 11.3 Å². The lowest BCUT2D eigenvalue weighted by Gasteiger charge is -2.16. The molecule has 2 aromatic rings. The van der Waals surface area contributed by atoms with Crippen LogP contribution in [0.3, 0.4) is 0 Å². The van der Waals surface area contributed by atoms with Gasteiger partial charge in [0.05, 0.1) is 23.7 Å². The lowest BCUT2D eigenvalue weighted by molar-refractivity contribution is 0.0527. The summed E-state index contributed by atoms with van der Waals surface area (Å²) in [5.41, 5.74) is 0.519. The van der Waals surface area contributed by atoms with E-state index in [0.29, 0.717) is 18.7 Å². The Morgan fingerprint density at radius 3 is 2.33 bits per heavy atom. The number of amides is 1. The van der Waals surface area contributed by atoms with Gasteiger partial charge in [0, 0.05) is 18.7 Å². The van der Waals surface area contributed by atoms with Crippen molar-refractivity contribution in [2.45, 2.75) is 38.5 Å². The van der Waals surface area contributed by atoms with Crippen LogP contribution in [-0.2, 0) is 19.5 Å². The Morgan fingerprint density at radius 2 is 1.70 bits per heavy atom. The molecule has 3 rings (SSSR count). The Bertz CT molecular complexity index is 1170. The van der Waals surface area contributed by atoms with Crippen LogP contribution in [0.1, 0.15) is 62.6 Å². The summed E-state index contributed by atoms with van der Waals surface area (Å²) in [4.78, 5) is 38.0. The number of carbonyl (C=O) groups excluding carboxylic acids is 3. The Morgan fingerprint density at radius 1 is 1.06 bits per heavy atom. The molecular weight excluding hydrogens is 468 g/mol. The van der Waals surface area contributed by atoms with E-state index in [4.69, 9.17) is 9.47 Å². The zero-order chi connectivity index (χ0) is 24.2. The van der Waals surface area contributed by atoms with Crippen molar-refractivity contribution in [1.29, 1.82) is 0 Å². The topological polar surface area (TPSA) is 119 Å². The summed E-state index contributed by atoms with van der Waals surface area (Å²) >= 11 is 0.908. The molecule has 1 amide bonds. The number of anilines is 1. The minimum atomic E-state index is -3.70. The van der Waals surface area contributed by atoms with Crippen molar-refractivity contribution in [1.82, 2.24) is 4.31 Å². The molecule has 1 saturated heterocycles. The fourth-order valence-corrected chi connectivity index (χ4v) is 6.14. The van der Waals surface area contributed by atoms with Crippen LogP contribution in [0, 0.1) is 6.92 Å². The molecule has 1 fully saturated rings. The van der Waals surface area contributed by atoms with Gasteiger partial charge < -0.3 is 14.8 Å². The minimum absolute atomic E-state index is 0.0252. The van der Waals surface area contributed by atoms with Gasteiger partial charge in [0.15, 0.2) is 0 Å². The number of rotatable bonds is 8. The van der Waals surface area contributed by atoms with Crippen LogP contribution < -0.4 is 5.32 Å². The molecule has 0 radical (unpaired) electrons. The van der Waals surface area contributed by atoms with Crippen LogP contribution in [0.4, 0.5) is 5.00 Å². The summed E-state index contributed by atoms with van der Waals surface area (Å²) < 4.78 is 37.2. The van der Waals surface area contributed by atoms with Gasteiger partial charge in [0.2, 0.25) is 10.0 Å². The second-order valence-electron chi connectivity index (χ2n) is 7.29. The molecule has 0 unspecified atom stereocenters. The Balaban J connectivity index is 1.93. The summed E-state index contributed by atoms with van der Waals surface area (Å²) in [6.45, 7) is 6.07. The van der Waals surface area contributed by atoms with E-state index in [0.717, 1.165) is 24.2 Å². The third kappa shape index (κ3) is 5.26. The molecule has 9 nitrogen and oxygen atoms in total. The van der Waals surface area contributed by atoms with Crippen molar-refractivity contribution >= 4 is 44.2 Å². The van der Waals surface area contributed by atoms with Crippen LogP contribution >= 0.6 is 11.3 Å². The number of hydrogen-bond acceptors (Lipinski definition) is 8. The normalized spacial score (nSPS) is 14.2. The summed E-state index contributed by atoms with van der Waals surface area (Å²) in [6.07, 6.45) is 1.60. The zero-order valence-electron chi connectivity index (χ0n) is 18.7. The number of nitrogens with zero attached hydrogens (tertiary/aromatic N) is 1. The first-order valence-corrected chi connectivity index (χ1v) is 12.9. The molecule has 1 aliphatic heterocycles. The van der Waals surface area contributed by atoms with Gasteiger partial charge in [-0.1, -0.05) is 6.07 Å². The third-order valence-corrected chi connectivity index (χ3v) is 8.20. The van der Waals surface area contributed by atoms with Crippen molar-refractivity contribution in [3.05, 3.63) is 45.8 Å². The van der Waals surface area contributed by atoms with Crippen LogP contribution in [0.5, 0.6) is 0 Å². The highest BCUT2D eigenvalue weighted by atomic mass is 32.2. The molecule has 178 valence electrons. The van der Waals surface area contributed by atoms with Crippen LogP contribution in [0.25, 0.3) is 0 Å². The summed E-state index contributed by atoms with van der Waals surface area (Å²) in [7, 11) is -3.70. The first-order valence-electron chi connectivity index (χ1n) is 10.6. The van der Waals surface area contributed by atoms with Crippen molar-refractivity contribution < 1.29 is 32.3 Å². The molecule has 2 heterocycles. The van der Waals surface area contributed by atoms with Gasteiger partial charge in [-0.05, 0) is 57.4 Å². The molecule has 11 heteroatoms. The molecule has 0 atom stereocenters. The molecule has 1 aromatic heterocycles. The van der Waals surface area contributed by atoms with Gasteiger partial charge in [0.25, 0.3) is 5.91 Å². The number of sulfonamides is 1. The van der Waals surface area contributed by atoms with Crippen molar-refractivity contribution in [2.75, 3.05) is 31.6 Å². The minimum Gasteiger partial charge on any atom is -0.462 e. The zero-order valence-corrected chi connectivity index (χ0v) is 20.3. The van der Waals surface area contributed by atoms with Gasteiger partial charge in [0.1, 0.15) is 9.88 Å². The quantitative estimate of drug-likeness (QED) is 0.558. The molecule has 0 spiro atoms. The molecule has 1 N–H and O–H groups in total. The van der Waals surface area contributed by atoms with E-state index in [2.05, 4.69) is 5.32 Å². The number of esters is 2. The average Bonchev–Trinajstić information content (AvgIpc) is 3.43. The van der Waals surface area contributed by atoms with Crippen LogP contribution in [0.15, 0.2) is 29.2 Å². The van der Waals surface area contributed by atoms with E-state index in [9.17, 15) is 22.8 Å². The summed E-state index contributed by atoms with van der Waals surface area (Å²) in [6, 6.07) is 5.73. The first-order chi connectivity index (χ1) is 15.7. The predicted octanol–water partition coefficient (Wildman–Crippen LogP) is 3.45. The van der Waals surface area contributed by atoms with Crippen LogP contribution in [0.2, 0.25) is 0 Å². The molecule has 1 aromatic carbocycles. The van der Waals surface area contributed by atoms with E-state index in [-0.39, 0.29) is 39.1 Å². The van der Waals surface area contributed by atoms with E-state index in [1.165, 1.54) is 28.6 Å². The van der Waals surface area contributed by atoms with Crippen molar-refractivity contribution in [3.8, 4) is 0 Å². The number of thiophene rings is 1. The van der Waals surface area contributed by atoms with Gasteiger partial charge in [-0.2, -0.15) is 4.31 Å². The number of ether oxygens (including phenoxy) is 2. The molecule has 0 saturated carbocycles. The number of carbonyl (C=O) groups is 3. The molecule has 33 heavy (non-hydrogen) atoms. The maximum Gasteiger partial charge on any atom is 0.348 e.